The minimum Gasteiger partial charge on any atom is -0.366 e. The zero-order valence-electron chi connectivity index (χ0n) is 8.94. The second-order valence-electron chi connectivity index (χ2n) is 3.79. The van der Waals surface area contributed by atoms with Gasteiger partial charge in [0.1, 0.15) is 11.0 Å². The fourth-order valence-electron chi connectivity index (χ4n) is 2.10. The minimum absolute atomic E-state index is 0.238. The number of hydrogen-bond donors (Lipinski definition) is 1. The van der Waals surface area contributed by atoms with E-state index in [0.29, 0.717) is 29.2 Å². The van der Waals surface area contributed by atoms with E-state index in [0.717, 1.165) is 5.69 Å². The zero-order valence-corrected chi connectivity index (χ0v) is 9.69. The molecule has 2 aromatic heterocycles. The van der Waals surface area contributed by atoms with Crippen molar-refractivity contribution in [3.8, 4) is 0 Å². The van der Waals surface area contributed by atoms with Crippen LogP contribution in [0.25, 0.3) is 11.4 Å². The van der Waals surface area contributed by atoms with Crippen LogP contribution in [-0.4, -0.2) is 25.5 Å². The molecule has 86 valence electrons. The second kappa shape index (κ2) is 3.27. The van der Waals surface area contributed by atoms with Crippen molar-refractivity contribution in [1.82, 2.24) is 19.6 Å². The Bertz CT molecular complexity index is 688. The lowest BCUT2D eigenvalue weighted by molar-refractivity contribution is -0.112. The van der Waals surface area contributed by atoms with Crippen LogP contribution in [0, 0.1) is 6.92 Å². The number of primary amides is 1. The highest BCUT2D eigenvalue weighted by atomic mass is 35.5. The van der Waals surface area contributed by atoms with E-state index in [1.54, 1.807) is 10.5 Å². The van der Waals surface area contributed by atoms with Gasteiger partial charge in [0.25, 0.3) is 5.78 Å². The summed E-state index contributed by atoms with van der Waals surface area (Å²) in [4.78, 5) is 15.4. The van der Waals surface area contributed by atoms with E-state index in [-0.39, 0.29) is 5.15 Å². The van der Waals surface area contributed by atoms with Crippen molar-refractivity contribution in [2.24, 2.45) is 5.73 Å². The SMILES string of the molecule is Cc1nnc2nc(Cl)c3c(n12)CC=C3C(N)=O. The summed E-state index contributed by atoms with van der Waals surface area (Å²) in [7, 11) is 0. The molecule has 0 atom stereocenters. The molecule has 0 fully saturated rings. The molecule has 2 heterocycles. The van der Waals surface area contributed by atoms with Crippen molar-refractivity contribution in [2.75, 3.05) is 0 Å². The molecular weight excluding hydrogens is 242 g/mol. The Hall–Kier alpha value is -1.95. The summed E-state index contributed by atoms with van der Waals surface area (Å²) in [5.74, 6) is 0.641. The summed E-state index contributed by atoms with van der Waals surface area (Å²) in [6.45, 7) is 1.82. The quantitative estimate of drug-likeness (QED) is 0.746. The number of fused-ring (bicyclic) bond motifs is 3. The lowest BCUT2D eigenvalue weighted by atomic mass is 10.1. The summed E-state index contributed by atoms with van der Waals surface area (Å²) in [6, 6.07) is 0. The topological polar surface area (TPSA) is 86.2 Å². The van der Waals surface area contributed by atoms with Crippen molar-refractivity contribution in [1.29, 1.82) is 0 Å². The molecule has 0 radical (unpaired) electrons. The van der Waals surface area contributed by atoms with E-state index in [9.17, 15) is 4.79 Å². The second-order valence-corrected chi connectivity index (χ2v) is 4.15. The van der Waals surface area contributed by atoms with Crippen molar-refractivity contribution in [3.63, 3.8) is 0 Å². The van der Waals surface area contributed by atoms with Crippen molar-refractivity contribution in [3.05, 3.63) is 28.3 Å². The number of halogens is 1. The summed E-state index contributed by atoms with van der Waals surface area (Å²) >= 11 is 6.06. The highest BCUT2D eigenvalue weighted by Gasteiger charge is 2.26. The highest BCUT2D eigenvalue weighted by Crippen LogP contribution is 2.32. The molecule has 0 spiro atoms. The van der Waals surface area contributed by atoms with Gasteiger partial charge in [0.05, 0.1) is 0 Å². The smallest absolute Gasteiger partial charge is 0.256 e. The van der Waals surface area contributed by atoms with Gasteiger partial charge < -0.3 is 5.73 Å². The highest BCUT2D eigenvalue weighted by molar-refractivity contribution is 6.34. The largest absolute Gasteiger partial charge is 0.366 e. The molecule has 0 aliphatic heterocycles. The number of aryl methyl sites for hydroxylation is 1. The van der Waals surface area contributed by atoms with Gasteiger partial charge in [-0.1, -0.05) is 17.7 Å². The van der Waals surface area contributed by atoms with Gasteiger partial charge in [-0.05, 0) is 6.92 Å². The molecule has 0 unspecified atom stereocenters. The normalized spacial score (nSPS) is 13.9. The van der Waals surface area contributed by atoms with Crippen LogP contribution in [0.4, 0.5) is 0 Å². The maximum Gasteiger partial charge on any atom is 0.256 e. The third kappa shape index (κ3) is 1.27. The molecule has 6 nitrogen and oxygen atoms in total. The van der Waals surface area contributed by atoms with Crippen LogP contribution >= 0.6 is 11.6 Å². The van der Waals surface area contributed by atoms with Crippen LogP contribution in [0.15, 0.2) is 6.08 Å². The maximum atomic E-state index is 11.3. The van der Waals surface area contributed by atoms with Crippen LogP contribution in [0.5, 0.6) is 0 Å². The van der Waals surface area contributed by atoms with E-state index in [1.807, 2.05) is 6.92 Å². The fourth-order valence-corrected chi connectivity index (χ4v) is 2.39. The van der Waals surface area contributed by atoms with E-state index in [4.69, 9.17) is 17.3 Å². The Morgan fingerprint density at radius 3 is 3.00 bits per heavy atom. The Labute approximate surface area is 101 Å². The van der Waals surface area contributed by atoms with E-state index >= 15 is 0 Å². The summed E-state index contributed by atoms with van der Waals surface area (Å²) in [6.07, 6.45) is 2.32. The minimum atomic E-state index is -0.502. The molecule has 1 aliphatic rings. The molecule has 3 rings (SSSR count). The van der Waals surface area contributed by atoms with Gasteiger partial charge in [-0.25, -0.2) is 0 Å². The van der Waals surface area contributed by atoms with Gasteiger partial charge in [-0.2, -0.15) is 4.98 Å². The number of hydrogen-bond acceptors (Lipinski definition) is 4. The van der Waals surface area contributed by atoms with Gasteiger partial charge in [-0.15, -0.1) is 10.2 Å². The molecule has 2 aromatic rings. The molecule has 2 N–H and O–H groups in total. The van der Waals surface area contributed by atoms with Crippen molar-refractivity contribution < 1.29 is 4.79 Å². The average molecular weight is 250 g/mol. The number of nitrogens with zero attached hydrogens (tertiary/aromatic N) is 4. The van der Waals surface area contributed by atoms with E-state index < -0.39 is 5.91 Å². The summed E-state index contributed by atoms with van der Waals surface area (Å²) in [5, 5.41) is 8.08. The number of carbonyl (C=O) groups is 1. The van der Waals surface area contributed by atoms with Crippen LogP contribution < -0.4 is 5.73 Å². The van der Waals surface area contributed by atoms with Gasteiger partial charge >= 0.3 is 0 Å². The number of nitrogens with two attached hydrogens (primary N) is 1. The number of aromatic nitrogens is 4. The van der Waals surface area contributed by atoms with Gasteiger partial charge in [0, 0.05) is 23.3 Å². The number of amides is 1. The fraction of sp³-hybridized carbons (Fsp3) is 0.200. The molecule has 1 aliphatic carbocycles. The average Bonchev–Trinajstić information content (AvgIpc) is 2.82. The molecule has 0 aromatic carbocycles. The lowest BCUT2D eigenvalue weighted by Crippen LogP contribution is -2.13. The first-order valence-electron chi connectivity index (χ1n) is 5.00. The molecule has 0 saturated carbocycles. The predicted molar refractivity (Wildman–Crippen MR) is 61.4 cm³/mol. The first-order valence-corrected chi connectivity index (χ1v) is 5.38. The standard InChI is InChI=1S/C10H8ClN5O/c1-4-14-15-10-13-8(11)7-5(9(12)17)2-3-6(7)16(4)10/h2H,3H2,1H3,(H2,12,17). The third-order valence-corrected chi connectivity index (χ3v) is 3.08. The van der Waals surface area contributed by atoms with Gasteiger partial charge in [0.2, 0.25) is 5.91 Å². The van der Waals surface area contributed by atoms with Gasteiger partial charge in [-0.3, -0.25) is 9.20 Å². The van der Waals surface area contributed by atoms with Crippen LogP contribution in [0.3, 0.4) is 0 Å². The Balaban J connectivity index is 2.40. The van der Waals surface area contributed by atoms with E-state index in [1.165, 1.54) is 0 Å². The van der Waals surface area contributed by atoms with E-state index in [2.05, 4.69) is 15.2 Å². The van der Waals surface area contributed by atoms with Crippen LogP contribution in [0.2, 0.25) is 5.15 Å². The third-order valence-electron chi connectivity index (χ3n) is 2.81. The summed E-state index contributed by atoms with van der Waals surface area (Å²) in [5.41, 5.74) is 7.16. The van der Waals surface area contributed by atoms with Crippen LogP contribution in [0.1, 0.15) is 17.1 Å². The monoisotopic (exact) mass is 249 g/mol. The number of rotatable bonds is 1. The van der Waals surface area contributed by atoms with Crippen LogP contribution in [-0.2, 0) is 11.2 Å². The first kappa shape index (κ1) is 10.2. The molecule has 0 saturated heterocycles. The Morgan fingerprint density at radius 2 is 2.29 bits per heavy atom. The predicted octanol–water partition coefficient (Wildman–Crippen LogP) is 0.511. The zero-order chi connectivity index (χ0) is 12.2. The molecule has 17 heavy (non-hydrogen) atoms. The molecule has 0 bridgehead atoms. The Kier molecular flexibility index (Phi) is 1.97. The van der Waals surface area contributed by atoms with Gasteiger partial charge in [0.15, 0.2) is 0 Å². The molecule has 7 heteroatoms. The summed E-state index contributed by atoms with van der Waals surface area (Å²) < 4.78 is 1.79. The maximum absolute atomic E-state index is 11.3. The molecule has 1 amide bonds. The van der Waals surface area contributed by atoms with Crippen molar-refractivity contribution >= 4 is 28.9 Å². The lowest BCUT2D eigenvalue weighted by Gasteiger charge is -2.07. The van der Waals surface area contributed by atoms with Crippen molar-refractivity contribution in [2.45, 2.75) is 13.3 Å². The Morgan fingerprint density at radius 1 is 1.53 bits per heavy atom. The first-order chi connectivity index (χ1) is 8.09. The number of allylic oxidation sites excluding steroid dienone is 1. The number of carbonyl (C=O) groups excluding carboxylic acids is 1. The molecular formula is C10H8ClN5O.